The highest BCUT2D eigenvalue weighted by molar-refractivity contribution is 6.32. The van der Waals surface area contributed by atoms with Gasteiger partial charge in [-0.25, -0.2) is 9.97 Å². The molecule has 0 bridgehead atoms. The van der Waals surface area contributed by atoms with Gasteiger partial charge in [-0.1, -0.05) is 23.2 Å². The van der Waals surface area contributed by atoms with Crippen molar-refractivity contribution in [1.82, 2.24) is 9.97 Å². The maximum atomic E-state index is 11.9. The van der Waals surface area contributed by atoms with Gasteiger partial charge in [0.1, 0.15) is 28.8 Å². The van der Waals surface area contributed by atoms with E-state index in [1.54, 1.807) is 24.4 Å². The predicted octanol–water partition coefficient (Wildman–Crippen LogP) is 3.21. The first-order valence-corrected chi connectivity index (χ1v) is 7.64. The third-order valence-corrected chi connectivity index (χ3v) is 3.48. The van der Waals surface area contributed by atoms with Crippen molar-refractivity contribution in [2.45, 2.75) is 25.5 Å². The molecule has 138 valence electrons. The summed E-state index contributed by atoms with van der Waals surface area (Å²) in [5, 5.41) is 0.478. The standard InChI is InChI=1S/C15H16Cl2N4O2.2ClH/c16-12-5-10(6-13(17)21-12)8-23-15(22)11(18)2-1-9-3-4-20-14(19)7-9;;/h3-7,11H,1-2,8,18H2,(H2,19,20);2*1H/t11-;;/m0../s1. The van der Waals surface area contributed by atoms with E-state index in [-0.39, 0.29) is 41.7 Å². The second kappa shape index (κ2) is 11.3. The first kappa shape index (κ1) is 23.7. The molecule has 2 aromatic heterocycles. The highest BCUT2D eigenvalue weighted by Gasteiger charge is 2.15. The van der Waals surface area contributed by atoms with Crippen molar-refractivity contribution in [2.24, 2.45) is 5.73 Å². The van der Waals surface area contributed by atoms with Crippen molar-refractivity contribution < 1.29 is 9.53 Å². The smallest absolute Gasteiger partial charge is 0.323 e. The molecule has 0 amide bonds. The number of pyridine rings is 2. The van der Waals surface area contributed by atoms with E-state index >= 15 is 0 Å². The highest BCUT2D eigenvalue weighted by atomic mass is 35.5. The van der Waals surface area contributed by atoms with Crippen LogP contribution in [0.25, 0.3) is 0 Å². The lowest BCUT2D eigenvalue weighted by molar-refractivity contribution is -0.146. The molecule has 0 saturated heterocycles. The number of nitrogens with zero attached hydrogens (tertiary/aromatic N) is 2. The lowest BCUT2D eigenvalue weighted by atomic mass is 10.1. The van der Waals surface area contributed by atoms with Gasteiger partial charge in [0, 0.05) is 6.20 Å². The summed E-state index contributed by atoms with van der Waals surface area (Å²) in [5.41, 5.74) is 13.1. The SMILES string of the molecule is Cl.Cl.Nc1cc(CC[C@H](N)C(=O)OCc2cc(Cl)nc(Cl)c2)ccn1. The van der Waals surface area contributed by atoms with Gasteiger partial charge < -0.3 is 16.2 Å². The summed E-state index contributed by atoms with van der Waals surface area (Å²) in [5.74, 6) is -0.0545. The highest BCUT2D eigenvalue weighted by Crippen LogP contribution is 2.15. The Hall–Kier alpha value is -1.31. The molecule has 0 saturated carbocycles. The Morgan fingerprint density at radius 1 is 1.16 bits per heavy atom. The topological polar surface area (TPSA) is 104 Å². The number of anilines is 1. The van der Waals surface area contributed by atoms with Gasteiger partial charge in [0.05, 0.1) is 0 Å². The number of halogens is 4. The molecule has 0 unspecified atom stereocenters. The molecule has 2 heterocycles. The molecule has 0 fully saturated rings. The zero-order valence-corrected chi connectivity index (χ0v) is 16.2. The van der Waals surface area contributed by atoms with Crippen LogP contribution in [0.2, 0.25) is 10.3 Å². The van der Waals surface area contributed by atoms with Crippen LogP contribution in [0.5, 0.6) is 0 Å². The third kappa shape index (κ3) is 8.07. The van der Waals surface area contributed by atoms with E-state index in [1.807, 2.05) is 6.07 Å². The van der Waals surface area contributed by atoms with Crippen LogP contribution in [0.4, 0.5) is 5.82 Å². The second-order valence-corrected chi connectivity index (χ2v) is 5.74. The molecule has 6 nitrogen and oxygen atoms in total. The van der Waals surface area contributed by atoms with Gasteiger partial charge in [-0.3, -0.25) is 4.79 Å². The minimum absolute atomic E-state index is 0. The zero-order valence-electron chi connectivity index (χ0n) is 13.0. The molecule has 4 N–H and O–H groups in total. The van der Waals surface area contributed by atoms with Crippen LogP contribution in [0, 0.1) is 0 Å². The number of hydrogen-bond donors (Lipinski definition) is 2. The summed E-state index contributed by atoms with van der Waals surface area (Å²) in [6.45, 7) is 0.0384. The number of aryl methyl sites for hydroxylation is 1. The predicted molar refractivity (Wildman–Crippen MR) is 103 cm³/mol. The van der Waals surface area contributed by atoms with Crippen LogP contribution in [-0.4, -0.2) is 22.0 Å². The molecule has 1 atom stereocenters. The Morgan fingerprint density at radius 2 is 1.80 bits per heavy atom. The number of aromatic nitrogens is 2. The minimum Gasteiger partial charge on any atom is -0.460 e. The van der Waals surface area contributed by atoms with Crippen LogP contribution in [0.15, 0.2) is 30.5 Å². The fraction of sp³-hybridized carbons (Fsp3) is 0.267. The van der Waals surface area contributed by atoms with E-state index in [1.165, 1.54) is 0 Å². The molecule has 0 aromatic carbocycles. The van der Waals surface area contributed by atoms with Crippen molar-refractivity contribution >= 4 is 59.8 Å². The zero-order chi connectivity index (χ0) is 16.8. The maximum Gasteiger partial charge on any atom is 0.323 e. The van der Waals surface area contributed by atoms with Crippen LogP contribution in [-0.2, 0) is 22.6 Å². The summed E-state index contributed by atoms with van der Waals surface area (Å²) < 4.78 is 5.17. The molecular formula is C15H18Cl4N4O2. The van der Waals surface area contributed by atoms with Crippen molar-refractivity contribution in [1.29, 1.82) is 0 Å². The fourth-order valence-electron chi connectivity index (χ4n) is 1.95. The van der Waals surface area contributed by atoms with Crippen LogP contribution < -0.4 is 11.5 Å². The quantitative estimate of drug-likeness (QED) is 0.541. The summed E-state index contributed by atoms with van der Waals surface area (Å²) in [4.78, 5) is 19.6. The van der Waals surface area contributed by atoms with Crippen molar-refractivity contribution in [2.75, 3.05) is 5.73 Å². The Labute approximate surface area is 168 Å². The number of rotatable bonds is 6. The first-order valence-electron chi connectivity index (χ1n) is 6.88. The summed E-state index contributed by atoms with van der Waals surface area (Å²) in [6.07, 6.45) is 2.67. The molecule has 2 aromatic rings. The Bertz CT molecular complexity index is 683. The molecule has 0 aliphatic carbocycles. The van der Waals surface area contributed by atoms with E-state index in [9.17, 15) is 4.79 Å². The van der Waals surface area contributed by atoms with E-state index in [0.29, 0.717) is 24.2 Å². The van der Waals surface area contributed by atoms with E-state index in [0.717, 1.165) is 5.56 Å². The van der Waals surface area contributed by atoms with E-state index in [2.05, 4.69) is 9.97 Å². The van der Waals surface area contributed by atoms with Crippen LogP contribution >= 0.6 is 48.0 Å². The van der Waals surface area contributed by atoms with Gasteiger partial charge in [0.2, 0.25) is 0 Å². The molecule has 10 heteroatoms. The van der Waals surface area contributed by atoms with Crippen LogP contribution in [0.1, 0.15) is 17.5 Å². The van der Waals surface area contributed by atoms with Gasteiger partial charge in [0.15, 0.2) is 0 Å². The lowest BCUT2D eigenvalue weighted by Gasteiger charge is -2.12. The molecule has 0 aliphatic heterocycles. The van der Waals surface area contributed by atoms with Crippen molar-refractivity contribution in [3.63, 3.8) is 0 Å². The Kier molecular flexibility index (Phi) is 10.7. The third-order valence-electron chi connectivity index (χ3n) is 3.10. The molecule has 25 heavy (non-hydrogen) atoms. The Balaban J connectivity index is 0.00000288. The number of esters is 1. The van der Waals surface area contributed by atoms with Crippen LogP contribution in [0.3, 0.4) is 0 Å². The summed E-state index contributed by atoms with van der Waals surface area (Å²) in [7, 11) is 0. The number of ether oxygens (including phenoxy) is 1. The Morgan fingerprint density at radius 3 is 2.40 bits per heavy atom. The molecule has 2 rings (SSSR count). The molecular weight excluding hydrogens is 410 g/mol. The van der Waals surface area contributed by atoms with Crippen molar-refractivity contribution in [3.8, 4) is 0 Å². The van der Waals surface area contributed by atoms with Crippen molar-refractivity contribution in [3.05, 3.63) is 51.9 Å². The van der Waals surface area contributed by atoms with Gasteiger partial charge >= 0.3 is 5.97 Å². The average molecular weight is 428 g/mol. The van der Waals surface area contributed by atoms with Gasteiger partial charge in [-0.2, -0.15) is 0 Å². The average Bonchev–Trinajstić information content (AvgIpc) is 2.49. The number of carbonyl (C=O) groups excluding carboxylic acids is 1. The lowest BCUT2D eigenvalue weighted by Crippen LogP contribution is -2.32. The number of carbonyl (C=O) groups is 1. The first-order chi connectivity index (χ1) is 10.9. The van der Waals surface area contributed by atoms with Gasteiger partial charge in [0.25, 0.3) is 0 Å². The minimum atomic E-state index is -0.725. The van der Waals surface area contributed by atoms with E-state index in [4.69, 9.17) is 39.4 Å². The maximum absolute atomic E-state index is 11.9. The van der Waals surface area contributed by atoms with Gasteiger partial charge in [-0.15, -0.1) is 24.8 Å². The number of nitrogens with two attached hydrogens (primary N) is 2. The number of nitrogen functional groups attached to an aromatic ring is 1. The van der Waals surface area contributed by atoms with E-state index < -0.39 is 12.0 Å². The summed E-state index contributed by atoms with van der Waals surface area (Å²) >= 11 is 11.6. The molecule has 0 radical (unpaired) electrons. The van der Waals surface area contributed by atoms with Gasteiger partial charge in [-0.05, 0) is 48.2 Å². The number of hydrogen-bond acceptors (Lipinski definition) is 6. The largest absolute Gasteiger partial charge is 0.460 e. The monoisotopic (exact) mass is 426 g/mol. The molecule has 0 aliphatic rings. The molecule has 0 spiro atoms. The normalized spacial score (nSPS) is 11.0. The fourth-order valence-corrected chi connectivity index (χ4v) is 2.45. The second-order valence-electron chi connectivity index (χ2n) is 4.96. The summed E-state index contributed by atoms with van der Waals surface area (Å²) in [6, 6.07) is 6.00.